The van der Waals surface area contributed by atoms with Crippen LogP contribution in [0.25, 0.3) is 20.7 Å². The number of aromatic nitrogens is 2. The van der Waals surface area contributed by atoms with E-state index in [2.05, 4.69) is 9.97 Å². The molecule has 0 saturated carbocycles. The number of benzene rings is 1. The molecule has 3 nitrogen and oxygen atoms in total. The average Bonchev–Trinajstić information content (AvgIpc) is 3.29. The lowest BCUT2D eigenvalue weighted by Crippen LogP contribution is -2.12. The fourth-order valence-electron chi connectivity index (χ4n) is 2.70. The van der Waals surface area contributed by atoms with Gasteiger partial charge in [-0.3, -0.25) is 4.79 Å². The van der Waals surface area contributed by atoms with Crippen LogP contribution in [0.3, 0.4) is 0 Å². The number of hydrogen-bond donors (Lipinski definition) is 1. The van der Waals surface area contributed by atoms with Crippen LogP contribution in [-0.4, -0.2) is 9.97 Å². The van der Waals surface area contributed by atoms with E-state index in [1.807, 2.05) is 35.9 Å². The van der Waals surface area contributed by atoms with E-state index in [4.69, 9.17) is 0 Å². The average molecular weight is 403 g/mol. The van der Waals surface area contributed by atoms with E-state index in [1.165, 1.54) is 23.5 Å². The van der Waals surface area contributed by atoms with Crippen molar-refractivity contribution in [3.8, 4) is 10.4 Å². The molecule has 7 heteroatoms. The first-order valence-corrected chi connectivity index (χ1v) is 10.8. The van der Waals surface area contributed by atoms with Gasteiger partial charge in [-0.05, 0) is 36.1 Å². The van der Waals surface area contributed by atoms with Crippen LogP contribution in [0.4, 0.5) is 4.39 Å². The number of nitrogens with one attached hydrogen (secondary N) is 1. The molecule has 1 atom stereocenters. The molecular formula is C19H15FN2OS3. The Balaban J connectivity index is 1.60. The third-order valence-corrected chi connectivity index (χ3v) is 7.02. The second kappa shape index (κ2) is 7.34. The molecule has 26 heavy (non-hydrogen) atoms. The van der Waals surface area contributed by atoms with Crippen molar-refractivity contribution in [3.63, 3.8) is 0 Å². The Labute approximate surface area is 161 Å². The summed E-state index contributed by atoms with van der Waals surface area (Å²) in [4.78, 5) is 22.1. The normalized spacial score (nSPS) is 12.5. The fourth-order valence-corrected chi connectivity index (χ4v) is 5.36. The lowest BCUT2D eigenvalue weighted by atomic mass is 10.2. The van der Waals surface area contributed by atoms with Gasteiger partial charge in [-0.25, -0.2) is 9.37 Å². The maximum absolute atomic E-state index is 13.3. The molecular weight excluding hydrogens is 387 g/mol. The summed E-state index contributed by atoms with van der Waals surface area (Å²) in [6.45, 7) is 2.00. The van der Waals surface area contributed by atoms with E-state index in [9.17, 15) is 9.18 Å². The second-order valence-corrected chi connectivity index (χ2v) is 8.98. The monoisotopic (exact) mass is 402 g/mol. The van der Waals surface area contributed by atoms with Gasteiger partial charge in [-0.1, -0.05) is 18.2 Å². The molecule has 0 amide bonds. The topological polar surface area (TPSA) is 45.8 Å². The first-order chi connectivity index (χ1) is 12.6. The molecule has 132 valence electrons. The third kappa shape index (κ3) is 3.47. The zero-order chi connectivity index (χ0) is 18.1. The molecule has 4 rings (SSSR count). The van der Waals surface area contributed by atoms with Crippen LogP contribution >= 0.6 is 34.4 Å². The maximum atomic E-state index is 13.3. The lowest BCUT2D eigenvalue weighted by Gasteiger charge is -2.10. The van der Waals surface area contributed by atoms with E-state index in [1.54, 1.807) is 29.2 Å². The molecule has 4 aromatic rings. The first-order valence-electron chi connectivity index (χ1n) is 8.03. The summed E-state index contributed by atoms with van der Waals surface area (Å²) < 4.78 is 13.3. The molecule has 0 aliphatic rings. The molecule has 0 saturated heterocycles. The van der Waals surface area contributed by atoms with E-state index in [0.29, 0.717) is 17.0 Å². The largest absolute Gasteiger partial charge is 0.309 e. The van der Waals surface area contributed by atoms with Crippen LogP contribution in [-0.2, 0) is 5.75 Å². The third-order valence-electron chi connectivity index (χ3n) is 4.02. The number of halogens is 1. The van der Waals surface area contributed by atoms with Crippen molar-refractivity contribution in [2.45, 2.75) is 17.9 Å². The van der Waals surface area contributed by atoms with Crippen LogP contribution in [0.5, 0.6) is 0 Å². The highest BCUT2D eigenvalue weighted by atomic mass is 32.2. The van der Waals surface area contributed by atoms with Crippen LogP contribution in [0.2, 0.25) is 0 Å². The van der Waals surface area contributed by atoms with Crippen molar-refractivity contribution < 1.29 is 4.39 Å². The maximum Gasteiger partial charge on any atom is 0.260 e. The Kier molecular flexibility index (Phi) is 4.93. The summed E-state index contributed by atoms with van der Waals surface area (Å²) in [6.07, 6.45) is 0. The number of H-pyrrole nitrogens is 1. The molecule has 0 spiro atoms. The zero-order valence-corrected chi connectivity index (χ0v) is 16.3. The van der Waals surface area contributed by atoms with E-state index >= 15 is 0 Å². The van der Waals surface area contributed by atoms with Gasteiger partial charge in [0.2, 0.25) is 0 Å². The number of nitrogens with zero attached hydrogens (tertiary/aromatic N) is 1. The molecule has 0 fully saturated rings. The summed E-state index contributed by atoms with van der Waals surface area (Å²) in [5.41, 5.74) is 1.76. The summed E-state index contributed by atoms with van der Waals surface area (Å²) in [5.74, 6) is 1.08. The van der Waals surface area contributed by atoms with Gasteiger partial charge >= 0.3 is 0 Å². The highest BCUT2D eigenvalue weighted by Crippen LogP contribution is 2.35. The summed E-state index contributed by atoms with van der Waals surface area (Å²) in [7, 11) is 0. The van der Waals surface area contributed by atoms with Crippen LogP contribution < -0.4 is 5.56 Å². The molecule has 0 aliphatic carbocycles. The minimum absolute atomic E-state index is 0.00246. The SMILES string of the molecule is C[C@H](SCc1cccc(F)c1)c1nc2scc(-c3cccs3)c2c(=O)[nH]1. The molecule has 1 N–H and O–H groups in total. The minimum atomic E-state index is -0.233. The zero-order valence-electron chi connectivity index (χ0n) is 13.9. The molecule has 0 unspecified atom stereocenters. The number of rotatable bonds is 5. The first kappa shape index (κ1) is 17.5. The molecule has 0 radical (unpaired) electrons. The lowest BCUT2D eigenvalue weighted by molar-refractivity contribution is 0.626. The fraction of sp³-hybridized carbons (Fsp3) is 0.158. The molecule has 3 heterocycles. The molecule has 0 aliphatic heterocycles. The van der Waals surface area contributed by atoms with Crippen LogP contribution in [0.15, 0.2) is 52.0 Å². The number of thioether (sulfide) groups is 1. The number of hydrogen-bond acceptors (Lipinski definition) is 5. The highest BCUT2D eigenvalue weighted by Gasteiger charge is 2.16. The van der Waals surface area contributed by atoms with Crippen molar-refractivity contribution in [1.29, 1.82) is 0 Å². The van der Waals surface area contributed by atoms with Crippen LogP contribution in [0, 0.1) is 5.82 Å². The minimum Gasteiger partial charge on any atom is -0.309 e. The van der Waals surface area contributed by atoms with Crippen molar-refractivity contribution in [1.82, 2.24) is 9.97 Å². The van der Waals surface area contributed by atoms with E-state index < -0.39 is 0 Å². The van der Waals surface area contributed by atoms with Crippen molar-refractivity contribution in [2.24, 2.45) is 0 Å². The standard InChI is InChI=1S/C19H15FN2OS3/c1-11(25-9-12-4-2-5-13(20)8-12)17-21-18(23)16-14(10-26-19(16)22-17)15-6-3-7-24-15/h2-8,10-11H,9H2,1H3,(H,21,22,23)/t11-/m0/s1. The number of aromatic amines is 1. The Morgan fingerprint density at radius 1 is 1.27 bits per heavy atom. The number of thiophene rings is 2. The van der Waals surface area contributed by atoms with Crippen molar-refractivity contribution in [3.05, 3.63) is 74.7 Å². The van der Waals surface area contributed by atoms with Crippen molar-refractivity contribution >= 4 is 44.7 Å². The number of fused-ring (bicyclic) bond motifs is 1. The predicted octanol–water partition coefficient (Wildman–Crippen LogP) is 5.85. The second-order valence-electron chi connectivity index (χ2n) is 5.84. The van der Waals surface area contributed by atoms with Gasteiger partial charge in [-0.15, -0.1) is 34.4 Å². The van der Waals surface area contributed by atoms with Crippen molar-refractivity contribution in [2.75, 3.05) is 0 Å². The highest BCUT2D eigenvalue weighted by molar-refractivity contribution is 7.98. The summed E-state index contributed by atoms with van der Waals surface area (Å²) in [6, 6.07) is 10.6. The summed E-state index contributed by atoms with van der Waals surface area (Å²) in [5, 5.41) is 4.65. The van der Waals surface area contributed by atoms with Gasteiger partial charge in [0, 0.05) is 21.6 Å². The quantitative estimate of drug-likeness (QED) is 0.456. The Bertz CT molecular complexity index is 1100. The van der Waals surface area contributed by atoms with E-state index in [0.717, 1.165) is 20.8 Å². The summed E-state index contributed by atoms with van der Waals surface area (Å²) >= 11 is 4.72. The molecule has 1 aromatic carbocycles. The van der Waals surface area contributed by atoms with Gasteiger partial charge in [0.25, 0.3) is 5.56 Å². The van der Waals surface area contributed by atoms with Gasteiger partial charge in [-0.2, -0.15) is 0 Å². The Morgan fingerprint density at radius 3 is 2.92 bits per heavy atom. The molecule has 0 bridgehead atoms. The smallest absolute Gasteiger partial charge is 0.260 e. The Morgan fingerprint density at radius 2 is 2.15 bits per heavy atom. The molecule has 3 aromatic heterocycles. The van der Waals surface area contributed by atoms with Gasteiger partial charge in [0.15, 0.2) is 0 Å². The Hall–Kier alpha value is -1.96. The van der Waals surface area contributed by atoms with Gasteiger partial charge < -0.3 is 4.98 Å². The van der Waals surface area contributed by atoms with Gasteiger partial charge in [0.05, 0.1) is 10.6 Å². The van der Waals surface area contributed by atoms with Gasteiger partial charge in [0.1, 0.15) is 16.5 Å². The van der Waals surface area contributed by atoms with Crippen LogP contribution in [0.1, 0.15) is 23.6 Å². The predicted molar refractivity (Wildman–Crippen MR) is 110 cm³/mol. The van der Waals surface area contributed by atoms with E-state index in [-0.39, 0.29) is 16.6 Å².